The average molecular weight is 364 g/mol. The monoisotopic (exact) mass is 363 g/mol. The molecule has 0 aromatic carbocycles. The largest absolute Gasteiger partial charge is 0.370 e. The number of ether oxygens (including phenoxy) is 1. The summed E-state index contributed by atoms with van der Waals surface area (Å²) in [7, 11) is 0. The van der Waals surface area contributed by atoms with Crippen LogP contribution in [-0.4, -0.2) is 34.4 Å². The smallest absolute Gasteiger partial charge is 0.190 e. The number of thiophene rings is 1. The molecule has 1 atom stereocenters. The van der Waals surface area contributed by atoms with E-state index in [1.165, 1.54) is 35.1 Å². The van der Waals surface area contributed by atoms with Crippen LogP contribution in [0.1, 0.15) is 50.5 Å². The number of nitrogens with zero attached hydrogens (tertiary/aromatic N) is 3. The predicted molar refractivity (Wildman–Crippen MR) is 102 cm³/mol. The van der Waals surface area contributed by atoms with Gasteiger partial charge in [0.15, 0.2) is 5.16 Å². The number of fused-ring (bicyclic) bond motifs is 3. The number of piperidine rings is 1. The maximum atomic E-state index is 6.03. The molecule has 0 bridgehead atoms. The summed E-state index contributed by atoms with van der Waals surface area (Å²) in [5, 5.41) is 2.17. The molecule has 4 heterocycles. The molecule has 0 radical (unpaired) electrons. The van der Waals surface area contributed by atoms with Gasteiger partial charge < -0.3 is 9.64 Å². The van der Waals surface area contributed by atoms with E-state index in [-0.39, 0.29) is 5.60 Å². The van der Waals surface area contributed by atoms with Crippen LogP contribution in [0.3, 0.4) is 0 Å². The molecule has 6 heteroatoms. The molecule has 0 aliphatic carbocycles. The van der Waals surface area contributed by atoms with Gasteiger partial charge in [0.05, 0.1) is 17.6 Å². The first-order chi connectivity index (χ1) is 11.5. The van der Waals surface area contributed by atoms with E-state index in [0.717, 1.165) is 28.8 Å². The maximum absolute atomic E-state index is 6.03. The molecule has 24 heavy (non-hydrogen) atoms. The lowest BCUT2D eigenvalue weighted by Crippen LogP contribution is -2.38. The highest BCUT2D eigenvalue weighted by Crippen LogP contribution is 2.43. The minimum atomic E-state index is -0.107. The summed E-state index contributed by atoms with van der Waals surface area (Å²) < 4.78 is 6.03. The van der Waals surface area contributed by atoms with Crippen LogP contribution >= 0.6 is 23.1 Å². The number of rotatable bonds is 2. The summed E-state index contributed by atoms with van der Waals surface area (Å²) in [6.45, 7) is 8.50. The molecule has 2 aromatic heterocycles. The molecular weight excluding hydrogens is 338 g/mol. The molecule has 1 saturated heterocycles. The van der Waals surface area contributed by atoms with Crippen LogP contribution < -0.4 is 4.90 Å². The first kappa shape index (κ1) is 16.6. The topological polar surface area (TPSA) is 38.2 Å². The van der Waals surface area contributed by atoms with Crippen molar-refractivity contribution in [3.8, 4) is 0 Å². The zero-order valence-corrected chi connectivity index (χ0v) is 16.5. The second-order valence-electron chi connectivity index (χ2n) is 7.48. The van der Waals surface area contributed by atoms with Gasteiger partial charge >= 0.3 is 0 Å². The van der Waals surface area contributed by atoms with E-state index in [4.69, 9.17) is 14.7 Å². The molecule has 0 amide bonds. The van der Waals surface area contributed by atoms with Crippen LogP contribution in [0, 0.1) is 0 Å². The quantitative estimate of drug-likeness (QED) is 0.574. The van der Waals surface area contributed by atoms with Crippen molar-refractivity contribution in [1.29, 1.82) is 0 Å². The van der Waals surface area contributed by atoms with E-state index >= 15 is 0 Å². The summed E-state index contributed by atoms with van der Waals surface area (Å²) in [6, 6.07) is 0.551. The fourth-order valence-corrected chi connectivity index (χ4v) is 5.33. The molecule has 0 spiro atoms. The molecule has 0 saturated carbocycles. The Morgan fingerprint density at radius 2 is 2.12 bits per heavy atom. The number of thioether (sulfide) groups is 1. The minimum Gasteiger partial charge on any atom is -0.370 e. The van der Waals surface area contributed by atoms with Crippen LogP contribution in [0.25, 0.3) is 10.2 Å². The Balaban J connectivity index is 1.92. The third-order valence-electron chi connectivity index (χ3n) is 5.15. The molecule has 1 fully saturated rings. The van der Waals surface area contributed by atoms with E-state index < -0.39 is 0 Å². The lowest BCUT2D eigenvalue weighted by Gasteiger charge is -2.35. The van der Waals surface area contributed by atoms with Gasteiger partial charge in [-0.1, -0.05) is 11.8 Å². The highest BCUT2D eigenvalue weighted by atomic mass is 32.2. The number of aromatic nitrogens is 2. The van der Waals surface area contributed by atoms with Gasteiger partial charge in [0.1, 0.15) is 10.6 Å². The van der Waals surface area contributed by atoms with Gasteiger partial charge in [-0.2, -0.15) is 0 Å². The lowest BCUT2D eigenvalue weighted by atomic mass is 9.94. The molecule has 0 N–H and O–H groups in total. The normalized spacial score (nSPS) is 23.5. The Labute approximate surface area is 152 Å². The SMILES string of the molecule is CSc1nc(N2CCCCC2C)c2c3c(sc2n1)COC(C)(C)C3. The minimum absolute atomic E-state index is 0.107. The zero-order valence-electron chi connectivity index (χ0n) is 14.9. The first-order valence-corrected chi connectivity index (χ1v) is 10.8. The molecule has 1 unspecified atom stereocenters. The van der Waals surface area contributed by atoms with Gasteiger partial charge in [0.2, 0.25) is 0 Å². The summed E-state index contributed by atoms with van der Waals surface area (Å²) in [5.41, 5.74) is 1.32. The second kappa shape index (κ2) is 6.15. The van der Waals surface area contributed by atoms with Crippen LogP contribution in [0.15, 0.2) is 5.16 Å². The third kappa shape index (κ3) is 2.82. The fraction of sp³-hybridized carbons (Fsp3) is 0.667. The first-order valence-electron chi connectivity index (χ1n) is 8.75. The van der Waals surface area contributed by atoms with E-state index in [2.05, 4.69) is 31.9 Å². The van der Waals surface area contributed by atoms with Crippen molar-refractivity contribution in [3.63, 3.8) is 0 Å². The van der Waals surface area contributed by atoms with Crippen LogP contribution in [0.2, 0.25) is 0 Å². The van der Waals surface area contributed by atoms with Gasteiger partial charge in [0.25, 0.3) is 0 Å². The van der Waals surface area contributed by atoms with Crippen LogP contribution in [0.4, 0.5) is 5.82 Å². The van der Waals surface area contributed by atoms with E-state index in [9.17, 15) is 0 Å². The molecule has 130 valence electrons. The van der Waals surface area contributed by atoms with Crippen molar-refractivity contribution in [2.75, 3.05) is 17.7 Å². The zero-order chi connectivity index (χ0) is 16.9. The number of hydrogen-bond donors (Lipinski definition) is 0. The maximum Gasteiger partial charge on any atom is 0.190 e. The standard InChI is InChI=1S/C18H25N3OS2/c1-11-7-5-6-8-21(11)15-14-12-9-18(2,3)22-10-13(12)24-16(14)20-17(19-15)23-4/h11H,5-10H2,1-4H3. The molecule has 2 aliphatic heterocycles. The molecule has 4 nitrogen and oxygen atoms in total. The fourth-order valence-electron chi connectivity index (χ4n) is 3.82. The van der Waals surface area contributed by atoms with E-state index in [0.29, 0.717) is 12.6 Å². The summed E-state index contributed by atoms with van der Waals surface area (Å²) >= 11 is 3.43. The number of hydrogen-bond acceptors (Lipinski definition) is 6. The second-order valence-corrected chi connectivity index (χ2v) is 9.34. The Morgan fingerprint density at radius 1 is 1.29 bits per heavy atom. The van der Waals surface area contributed by atoms with Gasteiger partial charge in [-0.3, -0.25) is 0 Å². The summed E-state index contributed by atoms with van der Waals surface area (Å²) in [6.07, 6.45) is 6.83. The Kier molecular flexibility index (Phi) is 4.25. The van der Waals surface area contributed by atoms with Crippen molar-refractivity contribution >= 4 is 39.1 Å². The van der Waals surface area contributed by atoms with E-state index in [1.54, 1.807) is 23.1 Å². The van der Waals surface area contributed by atoms with Gasteiger partial charge in [-0.15, -0.1) is 11.3 Å². The van der Waals surface area contributed by atoms with Crippen molar-refractivity contribution in [3.05, 3.63) is 10.4 Å². The summed E-state index contributed by atoms with van der Waals surface area (Å²) in [5.74, 6) is 1.16. The Morgan fingerprint density at radius 3 is 2.88 bits per heavy atom. The van der Waals surface area contributed by atoms with Gasteiger partial charge in [-0.25, -0.2) is 9.97 Å². The van der Waals surface area contributed by atoms with E-state index in [1.807, 2.05) is 0 Å². The van der Waals surface area contributed by atoms with Crippen LogP contribution in [-0.2, 0) is 17.8 Å². The highest BCUT2D eigenvalue weighted by Gasteiger charge is 2.33. The Bertz CT molecular complexity index is 771. The Hall–Kier alpha value is -0.850. The molecule has 4 rings (SSSR count). The summed E-state index contributed by atoms with van der Waals surface area (Å²) in [4.78, 5) is 14.8. The van der Waals surface area contributed by atoms with Crippen molar-refractivity contribution < 1.29 is 4.74 Å². The molecule has 2 aliphatic rings. The highest BCUT2D eigenvalue weighted by molar-refractivity contribution is 7.98. The molecule has 2 aromatic rings. The van der Waals surface area contributed by atoms with Crippen molar-refractivity contribution in [1.82, 2.24) is 9.97 Å². The number of anilines is 1. The van der Waals surface area contributed by atoms with Crippen molar-refractivity contribution in [2.24, 2.45) is 0 Å². The molecular formula is C18H25N3OS2. The lowest BCUT2D eigenvalue weighted by molar-refractivity contribution is -0.0379. The van der Waals surface area contributed by atoms with Gasteiger partial charge in [0, 0.05) is 23.9 Å². The van der Waals surface area contributed by atoms with Crippen LogP contribution in [0.5, 0.6) is 0 Å². The van der Waals surface area contributed by atoms with Gasteiger partial charge in [-0.05, 0) is 51.9 Å². The average Bonchev–Trinajstić information content (AvgIpc) is 2.91. The third-order valence-corrected chi connectivity index (χ3v) is 6.80. The van der Waals surface area contributed by atoms with Crippen molar-refractivity contribution in [2.45, 2.75) is 69.9 Å². The predicted octanol–water partition coefficient (Wildman–Crippen LogP) is 4.64.